The molecule has 37 heavy (non-hydrogen) atoms. The van der Waals surface area contributed by atoms with E-state index in [1.807, 2.05) is 53.4 Å². The fourth-order valence-electron chi connectivity index (χ4n) is 6.42. The van der Waals surface area contributed by atoms with Crippen LogP contribution in [0.2, 0.25) is 0 Å². The van der Waals surface area contributed by atoms with Crippen LogP contribution >= 0.6 is 11.3 Å². The molecule has 3 heterocycles. The standard InChI is InChI=1S/C30H33N3O3S/c1-36-25-14-7-6-13-24(25)31-16-18-32(19-17-31)30(35)27-22-11-4-5-12-23(22)29(34)33(21-9-2-3-10-21)28(27)26-15-8-20-37-26/h4-8,11-15,20-21,27-28H,2-3,9-10,16-19H2,1H3/t27-,28+/m1/s1. The number of hydrogen-bond acceptors (Lipinski definition) is 5. The monoisotopic (exact) mass is 515 g/mol. The van der Waals surface area contributed by atoms with Crippen molar-refractivity contribution in [2.75, 3.05) is 38.2 Å². The number of nitrogens with zero attached hydrogens (tertiary/aromatic N) is 3. The molecule has 1 aliphatic carbocycles. The molecule has 1 saturated heterocycles. The third kappa shape index (κ3) is 4.29. The van der Waals surface area contributed by atoms with Crippen LogP contribution in [0.5, 0.6) is 5.75 Å². The normalized spacial score (nSPS) is 22.3. The van der Waals surface area contributed by atoms with Gasteiger partial charge in [0.2, 0.25) is 5.91 Å². The first kappa shape index (κ1) is 24.0. The van der Waals surface area contributed by atoms with Crippen LogP contribution in [-0.4, -0.2) is 60.9 Å². The zero-order valence-corrected chi connectivity index (χ0v) is 22.0. The number of anilines is 1. The third-order valence-corrected chi connectivity index (χ3v) is 9.16. The number of amides is 2. The van der Waals surface area contributed by atoms with E-state index in [9.17, 15) is 9.59 Å². The van der Waals surface area contributed by atoms with Crippen molar-refractivity contribution in [1.82, 2.24) is 9.80 Å². The quantitative estimate of drug-likeness (QED) is 0.461. The van der Waals surface area contributed by atoms with Gasteiger partial charge < -0.3 is 19.4 Å². The summed E-state index contributed by atoms with van der Waals surface area (Å²) in [5.41, 5.74) is 2.63. The second-order valence-electron chi connectivity index (χ2n) is 10.2. The van der Waals surface area contributed by atoms with E-state index in [1.165, 1.54) is 0 Å². The molecule has 3 aliphatic rings. The van der Waals surface area contributed by atoms with Crippen molar-refractivity contribution in [3.8, 4) is 5.75 Å². The topological polar surface area (TPSA) is 53.1 Å². The molecule has 0 bridgehead atoms. The van der Waals surface area contributed by atoms with Gasteiger partial charge in [-0.1, -0.05) is 49.2 Å². The predicted molar refractivity (Wildman–Crippen MR) is 146 cm³/mol. The van der Waals surface area contributed by atoms with E-state index in [0.29, 0.717) is 18.7 Å². The van der Waals surface area contributed by atoms with E-state index >= 15 is 0 Å². The van der Waals surface area contributed by atoms with Crippen molar-refractivity contribution in [2.24, 2.45) is 0 Å². The molecule has 1 saturated carbocycles. The summed E-state index contributed by atoms with van der Waals surface area (Å²) in [6, 6.07) is 19.9. The predicted octanol–water partition coefficient (Wildman–Crippen LogP) is 5.33. The van der Waals surface area contributed by atoms with Crippen molar-refractivity contribution >= 4 is 28.8 Å². The highest BCUT2D eigenvalue weighted by Crippen LogP contribution is 2.48. The lowest BCUT2D eigenvalue weighted by Gasteiger charge is -2.46. The average molecular weight is 516 g/mol. The molecule has 2 amide bonds. The molecular weight excluding hydrogens is 482 g/mol. The van der Waals surface area contributed by atoms with Gasteiger partial charge in [0.15, 0.2) is 0 Å². The van der Waals surface area contributed by atoms with Crippen molar-refractivity contribution in [1.29, 1.82) is 0 Å². The summed E-state index contributed by atoms with van der Waals surface area (Å²) in [5, 5.41) is 2.06. The smallest absolute Gasteiger partial charge is 0.254 e. The Hall–Kier alpha value is -3.32. The van der Waals surface area contributed by atoms with Gasteiger partial charge in [0.05, 0.1) is 24.8 Å². The Morgan fingerprint density at radius 2 is 1.65 bits per heavy atom. The van der Waals surface area contributed by atoms with E-state index in [0.717, 1.165) is 60.7 Å². The van der Waals surface area contributed by atoms with Crippen molar-refractivity contribution < 1.29 is 14.3 Å². The molecular formula is C30H33N3O3S. The van der Waals surface area contributed by atoms with Crippen molar-refractivity contribution in [3.05, 3.63) is 82.0 Å². The van der Waals surface area contributed by atoms with Crippen LogP contribution in [0.15, 0.2) is 66.0 Å². The lowest BCUT2D eigenvalue weighted by molar-refractivity contribution is -0.135. The van der Waals surface area contributed by atoms with Crippen molar-refractivity contribution in [3.63, 3.8) is 0 Å². The second-order valence-corrected chi connectivity index (χ2v) is 11.1. The number of ether oxygens (including phenoxy) is 1. The number of methoxy groups -OCH3 is 1. The lowest BCUT2D eigenvalue weighted by Crippen LogP contribution is -2.54. The molecule has 2 aliphatic heterocycles. The number of carbonyl (C=O) groups excluding carboxylic acids is 2. The van der Waals surface area contributed by atoms with Gasteiger partial charge in [0.1, 0.15) is 5.75 Å². The zero-order valence-electron chi connectivity index (χ0n) is 21.2. The fourth-order valence-corrected chi connectivity index (χ4v) is 7.28. The number of hydrogen-bond donors (Lipinski definition) is 0. The van der Waals surface area contributed by atoms with Gasteiger partial charge in [-0.2, -0.15) is 0 Å². The summed E-state index contributed by atoms with van der Waals surface area (Å²) in [6.07, 6.45) is 4.29. The van der Waals surface area contributed by atoms with E-state index in [2.05, 4.69) is 27.3 Å². The van der Waals surface area contributed by atoms with Crippen LogP contribution in [0.25, 0.3) is 0 Å². The molecule has 6 rings (SSSR count). The van der Waals surface area contributed by atoms with Gasteiger partial charge in [-0.15, -0.1) is 11.3 Å². The number of para-hydroxylation sites is 2. The molecule has 0 unspecified atom stereocenters. The van der Waals surface area contributed by atoms with Gasteiger partial charge in [-0.3, -0.25) is 9.59 Å². The Bertz CT molecular complexity index is 1260. The first-order chi connectivity index (χ1) is 18.2. The summed E-state index contributed by atoms with van der Waals surface area (Å²) in [4.78, 5) is 35.8. The molecule has 2 fully saturated rings. The summed E-state index contributed by atoms with van der Waals surface area (Å²) in [5.74, 6) is 0.657. The number of piperazine rings is 1. The Labute approximate surface area is 222 Å². The molecule has 0 spiro atoms. The van der Waals surface area contributed by atoms with Crippen LogP contribution in [0, 0.1) is 0 Å². The van der Waals surface area contributed by atoms with Gasteiger partial charge in [-0.25, -0.2) is 0 Å². The van der Waals surface area contributed by atoms with E-state index in [4.69, 9.17) is 4.74 Å². The molecule has 3 aromatic rings. The van der Waals surface area contributed by atoms with Gasteiger partial charge in [-0.05, 0) is 48.1 Å². The van der Waals surface area contributed by atoms with Crippen molar-refractivity contribution in [2.45, 2.75) is 43.7 Å². The van der Waals surface area contributed by atoms with E-state index < -0.39 is 5.92 Å². The Morgan fingerprint density at radius 3 is 2.38 bits per heavy atom. The Kier molecular flexibility index (Phi) is 6.63. The molecule has 1 aromatic heterocycles. The minimum absolute atomic E-state index is 0.0749. The van der Waals surface area contributed by atoms with Gasteiger partial charge in [0, 0.05) is 42.7 Å². The highest BCUT2D eigenvalue weighted by Gasteiger charge is 2.48. The molecule has 0 N–H and O–H groups in total. The number of carbonyl (C=O) groups is 2. The van der Waals surface area contributed by atoms with Crippen LogP contribution < -0.4 is 9.64 Å². The van der Waals surface area contributed by atoms with Crippen LogP contribution in [-0.2, 0) is 4.79 Å². The highest BCUT2D eigenvalue weighted by atomic mass is 32.1. The number of benzene rings is 2. The minimum Gasteiger partial charge on any atom is -0.495 e. The van der Waals surface area contributed by atoms with Gasteiger partial charge in [0.25, 0.3) is 5.91 Å². The molecule has 2 atom stereocenters. The second kappa shape index (κ2) is 10.2. The van der Waals surface area contributed by atoms with Crippen LogP contribution in [0.3, 0.4) is 0 Å². The number of thiophene rings is 1. The Morgan fingerprint density at radius 1 is 0.919 bits per heavy atom. The number of fused-ring (bicyclic) bond motifs is 1. The average Bonchev–Trinajstić information content (AvgIpc) is 3.68. The van der Waals surface area contributed by atoms with Crippen LogP contribution in [0.1, 0.15) is 58.4 Å². The first-order valence-corrected chi connectivity index (χ1v) is 14.2. The van der Waals surface area contributed by atoms with Crippen LogP contribution in [0.4, 0.5) is 5.69 Å². The SMILES string of the molecule is COc1ccccc1N1CCN(C(=O)[C@@H]2c3ccccc3C(=O)N(C3CCCC3)[C@H]2c2cccs2)CC1. The molecule has 0 radical (unpaired) electrons. The summed E-state index contributed by atoms with van der Waals surface area (Å²) < 4.78 is 5.57. The maximum absolute atomic E-state index is 14.4. The highest BCUT2D eigenvalue weighted by molar-refractivity contribution is 7.10. The lowest BCUT2D eigenvalue weighted by atomic mass is 9.80. The molecule has 192 valence electrons. The molecule has 2 aromatic carbocycles. The molecule has 6 nitrogen and oxygen atoms in total. The molecule has 7 heteroatoms. The maximum atomic E-state index is 14.4. The fraction of sp³-hybridized carbons (Fsp3) is 0.400. The minimum atomic E-state index is -0.397. The Balaban J connectivity index is 1.33. The van der Waals surface area contributed by atoms with E-state index in [-0.39, 0.29) is 23.9 Å². The maximum Gasteiger partial charge on any atom is 0.254 e. The van der Waals surface area contributed by atoms with E-state index in [1.54, 1.807) is 18.4 Å². The summed E-state index contributed by atoms with van der Waals surface area (Å²) >= 11 is 1.65. The largest absolute Gasteiger partial charge is 0.495 e. The first-order valence-electron chi connectivity index (χ1n) is 13.3. The summed E-state index contributed by atoms with van der Waals surface area (Å²) in [6.45, 7) is 2.78. The third-order valence-electron chi connectivity index (χ3n) is 8.21. The van der Waals surface area contributed by atoms with Gasteiger partial charge >= 0.3 is 0 Å². The zero-order chi connectivity index (χ0) is 25.4. The number of rotatable bonds is 5. The summed E-state index contributed by atoms with van der Waals surface area (Å²) in [7, 11) is 1.70.